The van der Waals surface area contributed by atoms with Gasteiger partial charge in [0.2, 0.25) is 5.91 Å². The van der Waals surface area contributed by atoms with E-state index >= 15 is 0 Å². The van der Waals surface area contributed by atoms with Crippen LogP contribution in [-0.2, 0) is 4.79 Å². The Hall–Kier alpha value is -0.570. The number of aliphatic hydroxyl groups is 1. The van der Waals surface area contributed by atoms with Crippen molar-refractivity contribution in [3.05, 3.63) is 0 Å². The predicted molar refractivity (Wildman–Crippen MR) is 40.0 cm³/mol. The molecule has 1 saturated carbocycles. The van der Waals surface area contributed by atoms with E-state index in [9.17, 15) is 9.90 Å². The lowest BCUT2D eigenvalue weighted by molar-refractivity contribution is -0.131. The number of likely N-dealkylation sites (tertiary alicyclic amines) is 1. The largest absolute Gasteiger partial charge is 0.391 e. The summed E-state index contributed by atoms with van der Waals surface area (Å²) in [4.78, 5) is 13.0. The summed E-state index contributed by atoms with van der Waals surface area (Å²) in [6.45, 7) is 0.573. The molecule has 0 aromatic carbocycles. The van der Waals surface area contributed by atoms with Crippen LogP contribution in [0.3, 0.4) is 0 Å². The van der Waals surface area contributed by atoms with E-state index in [4.69, 9.17) is 0 Å². The molecule has 0 aromatic heterocycles. The fraction of sp³-hybridized carbons (Fsp3) is 0.875. The number of hydrogen-bond acceptors (Lipinski definition) is 2. The van der Waals surface area contributed by atoms with Crippen LogP contribution < -0.4 is 0 Å². The first-order valence-electron chi connectivity index (χ1n) is 4.25. The van der Waals surface area contributed by atoms with Crippen molar-refractivity contribution < 1.29 is 9.90 Å². The van der Waals surface area contributed by atoms with Crippen molar-refractivity contribution in [2.75, 3.05) is 6.54 Å². The minimum atomic E-state index is -0.400. The minimum absolute atomic E-state index is 0.141. The second-order valence-electron chi connectivity index (χ2n) is 3.49. The van der Waals surface area contributed by atoms with Crippen LogP contribution in [0.15, 0.2) is 0 Å². The van der Waals surface area contributed by atoms with Gasteiger partial charge < -0.3 is 10.0 Å². The van der Waals surface area contributed by atoms with E-state index in [2.05, 4.69) is 0 Å². The first-order chi connectivity index (χ1) is 5.27. The highest BCUT2D eigenvalue weighted by molar-refractivity contribution is 5.79. The summed E-state index contributed by atoms with van der Waals surface area (Å²) >= 11 is 0. The summed E-state index contributed by atoms with van der Waals surface area (Å²) < 4.78 is 0. The molecule has 0 bridgehead atoms. The van der Waals surface area contributed by atoms with Crippen LogP contribution in [0.2, 0.25) is 0 Å². The van der Waals surface area contributed by atoms with E-state index in [-0.39, 0.29) is 5.91 Å². The molecule has 2 fully saturated rings. The molecule has 1 aliphatic carbocycles. The van der Waals surface area contributed by atoms with Gasteiger partial charge in [0.05, 0.1) is 12.5 Å². The molecular formula is C8H13NO2. The Morgan fingerprint density at radius 1 is 1.45 bits per heavy atom. The predicted octanol–water partition coefficient (Wildman–Crippen LogP) is 0.132. The molecule has 0 spiro atoms. The van der Waals surface area contributed by atoms with E-state index < -0.39 is 6.10 Å². The number of β-amino-alcohol motifs (C(OH)–C–C–N with tert-alkyl or cyclic N) is 1. The highest BCUT2D eigenvalue weighted by atomic mass is 16.3. The summed E-state index contributed by atoms with van der Waals surface area (Å²) in [5.74, 6) is 0.141. The first-order valence-corrected chi connectivity index (χ1v) is 4.25. The Morgan fingerprint density at radius 3 is 2.55 bits per heavy atom. The molecule has 1 heterocycles. The van der Waals surface area contributed by atoms with Gasteiger partial charge in [0, 0.05) is 12.6 Å². The van der Waals surface area contributed by atoms with E-state index in [0.717, 1.165) is 12.8 Å². The Labute approximate surface area is 66.0 Å². The molecular weight excluding hydrogens is 142 g/mol. The van der Waals surface area contributed by atoms with Gasteiger partial charge in [-0.05, 0) is 19.3 Å². The van der Waals surface area contributed by atoms with Gasteiger partial charge in [-0.3, -0.25) is 4.79 Å². The summed E-state index contributed by atoms with van der Waals surface area (Å²) in [6.07, 6.45) is 3.46. The zero-order valence-corrected chi connectivity index (χ0v) is 6.49. The van der Waals surface area contributed by atoms with Crippen LogP contribution in [0.5, 0.6) is 0 Å². The van der Waals surface area contributed by atoms with E-state index in [1.807, 2.05) is 4.90 Å². The Bertz CT molecular complexity index is 177. The van der Waals surface area contributed by atoms with Gasteiger partial charge in [-0.25, -0.2) is 0 Å². The zero-order valence-electron chi connectivity index (χ0n) is 6.49. The van der Waals surface area contributed by atoms with Crippen LogP contribution in [0, 0.1) is 0 Å². The van der Waals surface area contributed by atoms with Crippen LogP contribution in [-0.4, -0.2) is 34.6 Å². The van der Waals surface area contributed by atoms with Crippen LogP contribution in [0.25, 0.3) is 0 Å². The molecule has 3 nitrogen and oxygen atoms in total. The average molecular weight is 155 g/mol. The van der Waals surface area contributed by atoms with Crippen LogP contribution in [0.1, 0.15) is 25.7 Å². The number of amides is 1. The molecule has 2 aliphatic rings. The number of rotatable bonds is 1. The molecule has 1 aliphatic heterocycles. The summed E-state index contributed by atoms with van der Waals surface area (Å²) in [6, 6.07) is 0.458. The molecule has 0 aromatic rings. The highest BCUT2D eigenvalue weighted by Gasteiger charge is 2.35. The smallest absolute Gasteiger partial charge is 0.225 e. The van der Waals surface area contributed by atoms with E-state index in [0.29, 0.717) is 19.0 Å². The van der Waals surface area contributed by atoms with Gasteiger partial charge in [-0.1, -0.05) is 0 Å². The number of nitrogens with zero attached hydrogens (tertiary/aromatic N) is 1. The van der Waals surface area contributed by atoms with Crippen LogP contribution in [0.4, 0.5) is 0 Å². The van der Waals surface area contributed by atoms with Crippen molar-refractivity contribution in [1.82, 2.24) is 4.90 Å². The average Bonchev–Trinajstić information content (AvgIpc) is 2.07. The lowest BCUT2D eigenvalue weighted by Crippen LogP contribution is -2.41. The van der Waals surface area contributed by atoms with Gasteiger partial charge >= 0.3 is 0 Å². The fourth-order valence-electron chi connectivity index (χ4n) is 1.76. The second kappa shape index (κ2) is 2.48. The molecule has 1 N–H and O–H groups in total. The maximum absolute atomic E-state index is 11.2. The SMILES string of the molecule is O=C1CC(O)CN1C1CCC1. The lowest BCUT2D eigenvalue weighted by Gasteiger charge is -2.34. The number of hydrogen-bond donors (Lipinski definition) is 1. The van der Waals surface area contributed by atoms with Gasteiger partial charge in [0.25, 0.3) is 0 Å². The summed E-state index contributed by atoms with van der Waals surface area (Å²) in [5.41, 5.74) is 0. The van der Waals surface area contributed by atoms with Gasteiger partial charge in [0.1, 0.15) is 0 Å². The lowest BCUT2D eigenvalue weighted by atomic mass is 9.92. The van der Waals surface area contributed by atoms with Gasteiger partial charge in [-0.15, -0.1) is 0 Å². The van der Waals surface area contributed by atoms with Crippen LogP contribution >= 0.6 is 0 Å². The van der Waals surface area contributed by atoms with E-state index in [1.165, 1.54) is 6.42 Å². The maximum Gasteiger partial charge on any atom is 0.225 e. The van der Waals surface area contributed by atoms with Crippen molar-refractivity contribution >= 4 is 5.91 Å². The Balaban J connectivity index is 1.97. The topological polar surface area (TPSA) is 40.5 Å². The Kier molecular flexibility index (Phi) is 1.60. The third kappa shape index (κ3) is 1.13. The number of aliphatic hydroxyl groups excluding tert-OH is 1. The maximum atomic E-state index is 11.2. The highest BCUT2D eigenvalue weighted by Crippen LogP contribution is 2.28. The molecule has 1 atom stereocenters. The molecule has 2 rings (SSSR count). The molecule has 1 unspecified atom stereocenters. The molecule has 11 heavy (non-hydrogen) atoms. The monoisotopic (exact) mass is 155 g/mol. The standard InChI is InChI=1S/C8H13NO2/c10-7-4-8(11)9(5-7)6-2-1-3-6/h6-7,10H,1-5H2. The van der Waals surface area contributed by atoms with Crippen molar-refractivity contribution in [1.29, 1.82) is 0 Å². The van der Waals surface area contributed by atoms with Crippen molar-refractivity contribution in [2.24, 2.45) is 0 Å². The normalized spacial score (nSPS) is 32.6. The molecule has 0 radical (unpaired) electrons. The number of carbonyl (C=O) groups excluding carboxylic acids is 1. The fourth-order valence-corrected chi connectivity index (χ4v) is 1.76. The Morgan fingerprint density at radius 2 is 2.18 bits per heavy atom. The molecule has 3 heteroatoms. The van der Waals surface area contributed by atoms with Crippen molar-refractivity contribution in [3.8, 4) is 0 Å². The molecule has 1 saturated heterocycles. The third-order valence-corrected chi connectivity index (χ3v) is 2.65. The summed E-state index contributed by atoms with van der Waals surface area (Å²) in [5, 5.41) is 9.18. The number of carbonyl (C=O) groups is 1. The zero-order chi connectivity index (χ0) is 7.84. The minimum Gasteiger partial charge on any atom is -0.391 e. The molecule has 1 amide bonds. The van der Waals surface area contributed by atoms with Gasteiger partial charge in [-0.2, -0.15) is 0 Å². The molecule has 62 valence electrons. The quantitative estimate of drug-likeness (QED) is 0.584. The first kappa shape index (κ1) is 7.10. The summed E-state index contributed by atoms with van der Waals surface area (Å²) in [7, 11) is 0. The van der Waals surface area contributed by atoms with Crippen molar-refractivity contribution in [3.63, 3.8) is 0 Å². The third-order valence-electron chi connectivity index (χ3n) is 2.65. The van der Waals surface area contributed by atoms with Crippen molar-refractivity contribution in [2.45, 2.75) is 37.8 Å². The van der Waals surface area contributed by atoms with E-state index in [1.54, 1.807) is 0 Å². The van der Waals surface area contributed by atoms with Gasteiger partial charge in [0.15, 0.2) is 0 Å². The second-order valence-corrected chi connectivity index (χ2v) is 3.49.